The van der Waals surface area contributed by atoms with E-state index in [1.807, 2.05) is 39.1 Å². The van der Waals surface area contributed by atoms with Crippen molar-refractivity contribution in [2.75, 3.05) is 5.32 Å². The zero-order chi connectivity index (χ0) is 16.3. The molecule has 0 fully saturated rings. The van der Waals surface area contributed by atoms with Gasteiger partial charge in [0.25, 0.3) is 0 Å². The summed E-state index contributed by atoms with van der Waals surface area (Å²) in [5.74, 6) is 1.05. The number of aryl methyl sites for hydroxylation is 2. The predicted octanol–water partition coefficient (Wildman–Crippen LogP) is 3.13. The van der Waals surface area contributed by atoms with E-state index in [4.69, 9.17) is 0 Å². The van der Waals surface area contributed by atoms with Crippen LogP contribution >= 0.6 is 0 Å². The van der Waals surface area contributed by atoms with Gasteiger partial charge in [-0.3, -0.25) is 0 Å². The second kappa shape index (κ2) is 6.60. The SMILES string of the molecule is Cc1cccc(C(C)C)c1NC(=O)N[C@H](C)c1nncn1C. The molecular weight excluding hydrogens is 278 g/mol. The zero-order valence-corrected chi connectivity index (χ0v) is 13.7. The lowest BCUT2D eigenvalue weighted by atomic mass is 9.98. The van der Waals surface area contributed by atoms with Crippen molar-refractivity contribution in [2.24, 2.45) is 7.05 Å². The lowest BCUT2D eigenvalue weighted by molar-refractivity contribution is 0.248. The second-order valence-corrected chi connectivity index (χ2v) is 5.81. The Morgan fingerprint density at radius 1 is 1.27 bits per heavy atom. The number of hydrogen-bond donors (Lipinski definition) is 2. The van der Waals surface area contributed by atoms with Gasteiger partial charge < -0.3 is 15.2 Å². The van der Waals surface area contributed by atoms with Gasteiger partial charge in [-0.05, 0) is 30.9 Å². The minimum absolute atomic E-state index is 0.223. The van der Waals surface area contributed by atoms with Crippen molar-refractivity contribution in [3.05, 3.63) is 41.5 Å². The lowest BCUT2D eigenvalue weighted by Gasteiger charge is -2.18. The first kappa shape index (κ1) is 16.0. The number of benzene rings is 1. The molecule has 1 atom stereocenters. The Balaban J connectivity index is 2.11. The molecule has 0 saturated carbocycles. The van der Waals surface area contributed by atoms with E-state index < -0.39 is 0 Å². The molecule has 118 valence electrons. The van der Waals surface area contributed by atoms with Crippen molar-refractivity contribution >= 4 is 11.7 Å². The molecule has 1 aromatic carbocycles. The number of carbonyl (C=O) groups is 1. The third kappa shape index (κ3) is 3.44. The maximum absolute atomic E-state index is 12.3. The van der Waals surface area contributed by atoms with Crippen molar-refractivity contribution in [2.45, 2.75) is 39.7 Å². The Labute approximate surface area is 130 Å². The van der Waals surface area contributed by atoms with Crippen molar-refractivity contribution in [1.29, 1.82) is 0 Å². The summed E-state index contributed by atoms with van der Waals surface area (Å²) in [6, 6.07) is 5.58. The molecule has 1 aromatic heterocycles. The molecule has 0 aliphatic heterocycles. The van der Waals surface area contributed by atoms with Crippen LogP contribution in [-0.4, -0.2) is 20.8 Å². The molecule has 6 heteroatoms. The Kier molecular flexibility index (Phi) is 4.80. The molecule has 0 aliphatic carbocycles. The quantitative estimate of drug-likeness (QED) is 0.911. The van der Waals surface area contributed by atoms with Crippen LogP contribution in [0.5, 0.6) is 0 Å². The van der Waals surface area contributed by atoms with E-state index in [0.717, 1.165) is 16.8 Å². The van der Waals surface area contributed by atoms with Crippen LogP contribution in [0, 0.1) is 6.92 Å². The van der Waals surface area contributed by atoms with Crippen LogP contribution in [0.15, 0.2) is 24.5 Å². The number of urea groups is 1. The number of hydrogen-bond acceptors (Lipinski definition) is 3. The Bertz CT molecular complexity index is 662. The third-order valence-electron chi connectivity index (χ3n) is 3.65. The van der Waals surface area contributed by atoms with E-state index in [0.29, 0.717) is 11.7 Å². The van der Waals surface area contributed by atoms with Gasteiger partial charge in [-0.25, -0.2) is 4.79 Å². The van der Waals surface area contributed by atoms with Crippen LogP contribution in [0.1, 0.15) is 49.7 Å². The fourth-order valence-electron chi connectivity index (χ4n) is 2.44. The minimum atomic E-state index is -0.244. The Morgan fingerprint density at radius 2 is 2.00 bits per heavy atom. The van der Waals surface area contributed by atoms with Crippen molar-refractivity contribution in [3.8, 4) is 0 Å². The molecule has 6 nitrogen and oxygen atoms in total. The summed E-state index contributed by atoms with van der Waals surface area (Å²) in [7, 11) is 1.85. The Hall–Kier alpha value is -2.37. The minimum Gasteiger partial charge on any atom is -0.328 e. The third-order valence-corrected chi connectivity index (χ3v) is 3.65. The molecule has 0 spiro atoms. The summed E-state index contributed by atoms with van der Waals surface area (Å²) in [6.45, 7) is 8.10. The molecule has 1 heterocycles. The molecule has 2 aromatic rings. The van der Waals surface area contributed by atoms with Crippen LogP contribution in [-0.2, 0) is 7.05 Å². The topological polar surface area (TPSA) is 71.8 Å². The van der Waals surface area contributed by atoms with E-state index in [9.17, 15) is 4.79 Å². The highest BCUT2D eigenvalue weighted by Gasteiger charge is 2.16. The highest BCUT2D eigenvalue weighted by atomic mass is 16.2. The maximum Gasteiger partial charge on any atom is 0.319 e. The van der Waals surface area contributed by atoms with Gasteiger partial charge in [0.2, 0.25) is 0 Å². The molecule has 0 aliphatic rings. The summed E-state index contributed by atoms with van der Waals surface area (Å²) in [6.07, 6.45) is 1.61. The summed E-state index contributed by atoms with van der Waals surface area (Å²) in [5, 5.41) is 13.7. The summed E-state index contributed by atoms with van der Waals surface area (Å²) in [5.41, 5.74) is 3.05. The molecule has 22 heavy (non-hydrogen) atoms. The number of nitrogens with zero attached hydrogens (tertiary/aromatic N) is 3. The van der Waals surface area contributed by atoms with E-state index in [-0.39, 0.29) is 12.1 Å². The van der Waals surface area contributed by atoms with Gasteiger partial charge in [-0.2, -0.15) is 0 Å². The van der Waals surface area contributed by atoms with Crippen LogP contribution < -0.4 is 10.6 Å². The smallest absolute Gasteiger partial charge is 0.319 e. The van der Waals surface area contributed by atoms with E-state index in [2.05, 4.69) is 34.7 Å². The Morgan fingerprint density at radius 3 is 2.59 bits per heavy atom. The number of rotatable bonds is 4. The van der Waals surface area contributed by atoms with Gasteiger partial charge in [0.1, 0.15) is 6.33 Å². The highest BCUT2D eigenvalue weighted by molar-refractivity contribution is 5.91. The number of anilines is 1. The second-order valence-electron chi connectivity index (χ2n) is 5.81. The maximum atomic E-state index is 12.3. The molecular formula is C16H23N5O. The first-order valence-electron chi connectivity index (χ1n) is 7.41. The van der Waals surface area contributed by atoms with Crippen LogP contribution in [0.3, 0.4) is 0 Å². The number of nitrogens with one attached hydrogen (secondary N) is 2. The predicted molar refractivity (Wildman–Crippen MR) is 86.8 cm³/mol. The first-order valence-corrected chi connectivity index (χ1v) is 7.41. The highest BCUT2D eigenvalue weighted by Crippen LogP contribution is 2.27. The molecule has 0 radical (unpaired) electrons. The fraction of sp³-hybridized carbons (Fsp3) is 0.438. The standard InChI is InChI=1S/C16H23N5O/c1-10(2)13-8-6-7-11(3)14(13)19-16(22)18-12(4)15-20-17-9-21(15)5/h6-10,12H,1-5H3,(H2,18,19,22)/t12-/m1/s1. The summed E-state index contributed by atoms with van der Waals surface area (Å²) < 4.78 is 1.79. The summed E-state index contributed by atoms with van der Waals surface area (Å²) >= 11 is 0. The van der Waals surface area contributed by atoms with E-state index in [1.54, 1.807) is 10.9 Å². The van der Waals surface area contributed by atoms with Gasteiger partial charge in [0.15, 0.2) is 5.82 Å². The lowest BCUT2D eigenvalue weighted by Crippen LogP contribution is -2.33. The van der Waals surface area contributed by atoms with E-state index in [1.165, 1.54) is 0 Å². The van der Waals surface area contributed by atoms with Crippen LogP contribution in [0.25, 0.3) is 0 Å². The monoisotopic (exact) mass is 301 g/mol. The average Bonchev–Trinajstić information content (AvgIpc) is 2.87. The molecule has 0 saturated heterocycles. The number of para-hydroxylation sites is 1. The van der Waals surface area contributed by atoms with Crippen molar-refractivity contribution in [1.82, 2.24) is 20.1 Å². The molecule has 2 N–H and O–H groups in total. The first-order chi connectivity index (χ1) is 10.4. The number of aromatic nitrogens is 3. The molecule has 0 bridgehead atoms. The van der Waals surface area contributed by atoms with Crippen LogP contribution in [0.2, 0.25) is 0 Å². The van der Waals surface area contributed by atoms with Crippen molar-refractivity contribution in [3.63, 3.8) is 0 Å². The fourth-order valence-corrected chi connectivity index (χ4v) is 2.44. The molecule has 0 unspecified atom stereocenters. The van der Waals surface area contributed by atoms with Gasteiger partial charge in [0.05, 0.1) is 6.04 Å². The van der Waals surface area contributed by atoms with Gasteiger partial charge >= 0.3 is 6.03 Å². The average molecular weight is 301 g/mol. The van der Waals surface area contributed by atoms with Gasteiger partial charge in [-0.15, -0.1) is 10.2 Å². The normalized spacial score (nSPS) is 12.3. The zero-order valence-electron chi connectivity index (χ0n) is 13.7. The largest absolute Gasteiger partial charge is 0.328 e. The number of amides is 2. The van der Waals surface area contributed by atoms with Gasteiger partial charge in [-0.1, -0.05) is 32.0 Å². The summed E-state index contributed by atoms with van der Waals surface area (Å²) in [4.78, 5) is 12.3. The molecule has 2 amide bonds. The molecule has 2 rings (SSSR count). The number of carbonyl (C=O) groups excluding carboxylic acids is 1. The van der Waals surface area contributed by atoms with Crippen molar-refractivity contribution < 1.29 is 4.79 Å². The van der Waals surface area contributed by atoms with E-state index >= 15 is 0 Å². The van der Waals surface area contributed by atoms with Gasteiger partial charge in [0, 0.05) is 12.7 Å². The van der Waals surface area contributed by atoms with Crippen LogP contribution in [0.4, 0.5) is 10.5 Å².